The summed E-state index contributed by atoms with van der Waals surface area (Å²) in [4.78, 5) is 37.0. The molecule has 0 atom stereocenters. The molecule has 0 unspecified atom stereocenters. The van der Waals surface area contributed by atoms with Crippen molar-refractivity contribution in [2.45, 2.75) is 6.92 Å². The Morgan fingerprint density at radius 2 is 1.92 bits per heavy atom. The molecule has 26 heavy (non-hydrogen) atoms. The van der Waals surface area contributed by atoms with Gasteiger partial charge in [0, 0.05) is 18.3 Å². The molecule has 0 radical (unpaired) electrons. The van der Waals surface area contributed by atoms with Gasteiger partial charge in [0.05, 0.1) is 17.7 Å². The number of methoxy groups -OCH3 is 1. The van der Waals surface area contributed by atoms with E-state index < -0.39 is 17.7 Å². The van der Waals surface area contributed by atoms with Crippen molar-refractivity contribution in [2.75, 3.05) is 23.9 Å². The molecule has 2 amide bonds. The van der Waals surface area contributed by atoms with Crippen LogP contribution in [0.2, 0.25) is 5.02 Å². The molecule has 0 fully saturated rings. The minimum Gasteiger partial charge on any atom is -0.465 e. The van der Waals surface area contributed by atoms with Gasteiger partial charge >= 0.3 is 5.97 Å². The Morgan fingerprint density at radius 1 is 1.19 bits per heavy atom. The minimum absolute atomic E-state index is 0.128. The van der Waals surface area contributed by atoms with Gasteiger partial charge in [-0.2, -0.15) is 0 Å². The molecule has 0 aromatic heterocycles. The number of esters is 1. The van der Waals surface area contributed by atoms with Crippen LogP contribution in [0.15, 0.2) is 42.5 Å². The van der Waals surface area contributed by atoms with E-state index in [-0.39, 0.29) is 23.0 Å². The van der Waals surface area contributed by atoms with Crippen LogP contribution >= 0.6 is 11.6 Å². The second kappa shape index (κ2) is 8.44. The molecule has 1 N–H and O–H groups in total. The highest BCUT2D eigenvalue weighted by Gasteiger charge is 2.18. The smallest absolute Gasteiger partial charge is 0.337 e. The Bertz CT molecular complexity index is 857. The van der Waals surface area contributed by atoms with Crippen LogP contribution in [-0.4, -0.2) is 31.4 Å². The van der Waals surface area contributed by atoms with E-state index in [0.29, 0.717) is 11.4 Å². The molecule has 0 aliphatic heterocycles. The van der Waals surface area contributed by atoms with E-state index in [1.54, 1.807) is 12.1 Å². The maximum absolute atomic E-state index is 13.2. The molecule has 0 saturated heterocycles. The maximum atomic E-state index is 13.2. The standard InChI is InChI=1S/C18H16ClFN2O4/c1-11(23)22(14-5-3-4-12(8-14)18(25)26-2)10-17(24)21-13-6-7-16(20)15(19)9-13/h3-9H,10H2,1-2H3,(H,21,24). The number of hydrogen-bond donors (Lipinski definition) is 1. The second-order valence-electron chi connectivity index (χ2n) is 5.32. The monoisotopic (exact) mass is 378 g/mol. The summed E-state index contributed by atoms with van der Waals surface area (Å²) in [6, 6.07) is 9.91. The number of hydrogen-bond acceptors (Lipinski definition) is 4. The van der Waals surface area contributed by atoms with Crippen LogP contribution in [0.3, 0.4) is 0 Å². The number of ether oxygens (including phenoxy) is 1. The Morgan fingerprint density at radius 3 is 2.54 bits per heavy atom. The van der Waals surface area contributed by atoms with Crippen LogP contribution in [0.5, 0.6) is 0 Å². The van der Waals surface area contributed by atoms with E-state index in [0.717, 1.165) is 6.07 Å². The zero-order valence-corrected chi connectivity index (χ0v) is 14.8. The molecule has 0 bridgehead atoms. The number of carbonyl (C=O) groups is 3. The molecule has 0 aliphatic rings. The third-order valence-corrected chi connectivity index (χ3v) is 3.75. The molecule has 2 rings (SSSR count). The molecule has 2 aromatic rings. The number of benzene rings is 2. The molecular formula is C18H16ClFN2O4. The van der Waals surface area contributed by atoms with Crippen LogP contribution < -0.4 is 10.2 Å². The van der Waals surface area contributed by atoms with Gasteiger partial charge in [-0.25, -0.2) is 9.18 Å². The first-order valence-electron chi connectivity index (χ1n) is 7.53. The fourth-order valence-corrected chi connectivity index (χ4v) is 2.40. The third-order valence-electron chi connectivity index (χ3n) is 3.46. The molecular weight excluding hydrogens is 363 g/mol. The fraction of sp³-hybridized carbons (Fsp3) is 0.167. The first-order chi connectivity index (χ1) is 12.3. The van der Waals surface area contributed by atoms with Gasteiger partial charge in [-0.3, -0.25) is 9.59 Å². The molecule has 0 saturated carbocycles. The van der Waals surface area contributed by atoms with Crippen LogP contribution in [0.1, 0.15) is 17.3 Å². The van der Waals surface area contributed by atoms with Gasteiger partial charge in [0.25, 0.3) is 0 Å². The molecule has 0 spiro atoms. The third kappa shape index (κ3) is 4.80. The zero-order chi connectivity index (χ0) is 19.3. The van der Waals surface area contributed by atoms with Crippen LogP contribution in [0.25, 0.3) is 0 Å². The predicted octanol–water partition coefficient (Wildman–Crippen LogP) is 3.26. The minimum atomic E-state index is -0.602. The summed E-state index contributed by atoms with van der Waals surface area (Å²) in [5.74, 6) is -2.05. The summed E-state index contributed by atoms with van der Waals surface area (Å²) < 4.78 is 17.8. The van der Waals surface area contributed by atoms with Crippen molar-refractivity contribution in [1.29, 1.82) is 0 Å². The van der Waals surface area contributed by atoms with Gasteiger partial charge < -0.3 is 15.0 Å². The first-order valence-corrected chi connectivity index (χ1v) is 7.91. The van der Waals surface area contributed by atoms with Gasteiger partial charge in [0.15, 0.2) is 0 Å². The normalized spacial score (nSPS) is 10.2. The Labute approximate surface area is 154 Å². The average Bonchev–Trinajstić information content (AvgIpc) is 2.62. The van der Waals surface area contributed by atoms with Crippen molar-refractivity contribution in [3.63, 3.8) is 0 Å². The van der Waals surface area contributed by atoms with Crippen LogP contribution in [-0.2, 0) is 14.3 Å². The van der Waals surface area contributed by atoms with Crippen molar-refractivity contribution >= 4 is 40.8 Å². The van der Waals surface area contributed by atoms with Crippen molar-refractivity contribution in [1.82, 2.24) is 0 Å². The summed E-state index contributed by atoms with van der Waals surface area (Å²) >= 11 is 5.68. The summed E-state index contributed by atoms with van der Waals surface area (Å²) in [6.45, 7) is 1.00. The zero-order valence-electron chi connectivity index (χ0n) is 14.1. The van der Waals surface area contributed by atoms with Crippen LogP contribution in [0.4, 0.5) is 15.8 Å². The first kappa shape index (κ1) is 19.4. The highest BCUT2D eigenvalue weighted by atomic mass is 35.5. The summed E-state index contributed by atoms with van der Waals surface area (Å²) in [5.41, 5.74) is 0.919. The highest BCUT2D eigenvalue weighted by Crippen LogP contribution is 2.20. The number of carbonyl (C=O) groups excluding carboxylic acids is 3. The SMILES string of the molecule is COC(=O)c1cccc(N(CC(=O)Nc2ccc(F)c(Cl)c2)C(C)=O)c1. The summed E-state index contributed by atoms with van der Waals surface area (Å²) in [6.07, 6.45) is 0. The number of anilines is 2. The number of amides is 2. The molecule has 0 heterocycles. The van der Waals surface area contributed by atoms with Gasteiger partial charge in [-0.15, -0.1) is 0 Å². The van der Waals surface area contributed by atoms with Gasteiger partial charge in [-0.1, -0.05) is 17.7 Å². The Hall–Kier alpha value is -2.93. The lowest BCUT2D eigenvalue weighted by Gasteiger charge is -2.21. The maximum Gasteiger partial charge on any atom is 0.337 e. The van der Waals surface area contributed by atoms with Crippen molar-refractivity contribution < 1.29 is 23.5 Å². The van der Waals surface area contributed by atoms with Gasteiger partial charge in [0.2, 0.25) is 11.8 Å². The molecule has 0 aliphatic carbocycles. The molecule has 136 valence electrons. The lowest BCUT2D eigenvalue weighted by Crippen LogP contribution is -2.36. The molecule has 6 nitrogen and oxygen atoms in total. The number of rotatable bonds is 5. The predicted molar refractivity (Wildman–Crippen MR) is 95.8 cm³/mol. The molecule has 8 heteroatoms. The Balaban J connectivity index is 2.17. The number of nitrogens with one attached hydrogen (secondary N) is 1. The lowest BCUT2D eigenvalue weighted by atomic mass is 10.2. The summed E-state index contributed by atoms with van der Waals surface area (Å²) in [7, 11) is 1.25. The van der Waals surface area contributed by atoms with Gasteiger partial charge in [0.1, 0.15) is 12.4 Å². The van der Waals surface area contributed by atoms with E-state index in [2.05, 4.69) is 10.1 Å². The quantitative estimate of drug-likeness (QED) is 0.810. The highest BCUT2D eigenvalue weighted by molar-refractivity contribution is 6.31. The van der Waals surface area contributed by atoms with Crippen LogP contribution in [0, 0.1) is 5.82 Å². The van der Waals surface area contributed by atoms with Gasteiger partial charge in [-0.05, 0) is 36.4 Å². The summed E-state index contributed by atoms with van der Waals surface area (Å²) in [5, 5.41) is 2.41. The van der Waals surface area contributed by atoms with Crippen molar-refractivity contribution in [2.24, 2.45) is 0 Å². The van der Waals surface area contributed by atoms with Crippen molar-refractivity contribution in [3.05, 3.63) is 58.9 Å². The number of nitrogens with zero attached hydrogens (tertiary/aromatic N) is 1. The topological polar surface area (TPSA) is 75.7 Å². The second-order valence-corrected chi connectivity index (χ2v) is 5.73. The van der Waals surface area contributed by atoms with E-state index in [9.17, 15) is 18.8 Å². The van der Waals surface area contributed by atoms with Crippen molar-refractivity contribution in [3.8, 4) is 0 Å². The fourth-order valence-electron chi connectivity index (χ4n) is 2.22. The Kier molecular flexibility index (Phi) is 6.30. The number of halogens is 2. The van der Waals surface area contributed by atoms with E-state index >= 15 is 0 Å². The van der Waals surface area contributed by atoms with E-state index in [1.807, 2.05) is 0 Å². The van der Waals surface area contributed by atoms with E-state index in [1.165, 1.54) is 43.2 Å². The average molecular weight is 379 g/mol. The van der Waals surface area contributed by atoms with E-state index in [4.69, 9.17) is 11.6 Å². The lowest BCUT2D eigenvalue weighted by molar-refractivity contribution is -0.120. The molecule has 2 aromatic carbocycles. The largest absolute Gasteiger partial charge is 0.465 e.